The molecule has 0 aliphatic carbocycles. The summed E-state index contributed by atoms with van der Waals surface area (Å²) in [6.45, 7) is 10.2. The maximum absolute atomic E-state index is 13.8. The van der Waals surface area contributed by atoms with Crippen LogP contribution in [0.1, 0.15) is 56.3 Å². The molecule has 220 valence electrons. The van der Waals surface area contributed by atoms with Crippen molar-refractivity contribution in [1.29, 1.82) is 0 Å². The zero-order valence-electron chi connectivity index (χ0n) is 24.3. The number of morpholine rings is 1. The summed E-state index contributed by atoms with van der Waals surface area (Å²) in [7, 11) is 0. The molecular formula is C32H35N3O6S. The van der Waals surface area contributed by atoms with Gasteiger partial charge in [-0.3, -0.25) is 14.2 Å². The van der Waals surface area contributed by atoms with Crippen molar-refractivity contribution in [1.82, 2.24) is 9.47 Å². The van der Waals surface area contributed by atoms with Gasteiger partial charge in [-0.1, -0.05) is 61.6 Å². The van der Waals surface area contributed by atoms with Crippen LogP contribution in [0.15, 0.2) is 69.6 Å². The zero-order chi connectivity index (χ0) is 29.8. The molecule has 3 heterocycles. The molecule has 1 saturated heterocycles. The normalized spacial score (nSPS) is 17.2. The molecular weight excluding hydrogens is 554 g/mol. The monoisotopic (exact) mass is 589 g/mol. The van der Waals surface area contributed by atoms with Crippen LogP contribution in [0.2, 0.25) is 0 Å². The number of amides is 1. The van der Waals surface area contributed by atoms with Gasteiger partial charge in [0.15, 0.2) is 11.4 Å². The van der Waals surface area contributed by atoms with Gasteiger partial charge < -0.3 is 19.1 Å². The third kappa shape index (κ3) is 6.24. The van der Waals surface area contributed by atoms with Gasteiger partial charge in [-0.2, -0.15) is 0 Å². The Hall–Kier alpha value is -4.02. The molecule has 1 fully saturated rings. The lowest BCUT2D eigenvalue weighted by Crippen LogP contribution is -2.42. The standard InChI is InChI=1S/C32H35N3O6S/c1-5-40-31(38)28-21(4)33-32-35(29(28)24-10-8-23(9-11-24)20(2)3)30(37)26(42-32)18-22-6-12-25(13-7-22)41-19-27(36)34-14-16-39-17-15-34/h6-13,18,20,29H,5,14-17,19H2,1-4H3. The Morgan fingerprint density at radius 2 is 1.79 bits per heavy atom. The van der Waals surface area contributed by atoms with Crippen LogP contribution in [0, 0.1) is 0 Å². The van der Waals surface area contributed by atoms with Crippen molar-refractivity contribution in [3.8, 4) is 5.75 Å². The average molecular weight is 590 g/mol. The summed E-state index contributed by atoms with van der Waals surface area (Å²) in [6, 6.07) is 14.6. The van der Waals surface area contributed by atoms with Crippen LogP contribution in [0.25, 0.3) is 6.08 Å². The van der Waals surface area contributed by atoms with E-state index in [9.17, 15) is 14.4 Å². The van der Waals surface area contributed by atoms with E-state index in [-0.39, 0.29) is 24.7 Å². The number of rotatable bonds is 8. The zero-order valence-corrected chi connectivity index (χ0v) is 25.1. The number of fused-ring (bicyclic) bond motifs is 1. The molecule has 1 atom stereocenters. The highest BCUT2D eigenvalue weighted by molar-refractivity contribution is 7.07. The fourth-order valence-electron chi connectivity index (χ4n) is 5.03. The van der Waals surface area contributed by atoms with Crippen molar-refractivity contribution >= 4 is 29.3 Å². The Kier molecular flexibility index (Phi) is 9.03. The Morgan fingerprint density at radius 1 is 1.10 bits per heavy atom. The molecule has 2 aromatic carbocycles. The summed E-state index contributed by atoms with van der Waals surface area (Å²) in [5.41, 5.74) is 3.45. The number of thiazole rings is 1. The van der Waals surface area contributed by atoms with Crippen LogP contribution in [-0.4, -0.2) is 60.9 Å². The molecule has 2 aliphatic rings. The van der Waals surface area contributed by atoms with E-state index < -0.39 is 12.0 Å². The smallest absolute Gasteiger partial charge is 0.338 e. The van der Waals surface area contributed by atoms with Gasteiger partial charge in [0, 0.05) is 13.1 Å². The van der Waals surface area contributed by atoms with Gasteiger partial charge >= 0.3 is 5.97 Å². The number of nitrogens with zero attached hydrogens (tertiary/aromatic N) is 3. The Morgan fingerprint density at radius 3 is 2.43 bits per heavy atom. The van der Waals surface area contributed by atoms with Crippen LogP contribution in [0.4, 0.5) is 0 Å². The summed E-state index contributed by atoms with van der Waals surface area (Å²) >= 11 is 1.28. The van der Waals surface area contributed by atoms with Crippen LogP contribution in [0.5, 0.6) is 5.75 Å². The molecule has 1 amide bonds. The number of allylic oxidation sites excluding steroid dienone is 1. The molecule has 2 aliphatic heterocycles. The van der Waals surface area contributed by atoms with Gasteiger partial charge in [0.1, 0.15) is 5.75 Å². The van der Waals surface area contributed by atoms with Crippen molar-refractivity contribution in [2.75, 3.05) is 39.5 Å². The second-order valence-electron chi connectivity index (χ2n) is 10.5. The summed E-state index contributed by atoms with van der Waals surface area (Å²) in [4.78, 5) is 46.2. The summed E-state index contributed by atoms with van der Waals surface area (Å²) < 4.78 is 18.5. The minimum Gasteiger partial charge on any atom is -0.484 e. The van der Waals surface area contributed by atoms with Gasteiger partial charge in [-0.15, -0.1) is 0 Å². The number of benzene rings is 2. The molecule has 0 N–H and O–H groups in total. The topological polar surface area (TPSA) is 99.4 Å². The first-order valence-corrected chi connectivity index (χ1v) is 15.0. The first-order chi connectivity index (χ1) is 20.3. The van der Waals surface area contributed by atoms with Crippen molar-refractivity contribution < 1.29 is 23.8 Å². The maximum Gasteiger partial charge on any atom is 0.338 e. The molecule has 5 rings (SSSR count). The van der Waals surface area contributed by atoms with E-state index in [0.717, 1.165) is 11.1 Å². The number of carbonyl (C=O) groups excluding carboxylic acids is 2. The first-order valence-electron chi connectivity index (χ1n) is 14.1. The highest BCUT2D eigenvalue weighted by atomic mass is 32.1. The quantitative estimate of drug-likeness (QED) is 0.375. The number of ether oxygens (including phenoxy) is 3. The van der Waals surface area contributed by atoms with Gasteiger partial charge in [-0.05, 0) is 54.7 Å². The Bertz CT molecular complexity index is 1660. The van der Waals surface area contributed by atoms with Crippen LogP contribution >= 0.6 is 11.3 Å². The molecule has 9 nitrogen and oxygen atoms in total. The lowest BCUT2D eigenvalue weighted by molar-refractivity contribution is -0.139. The maximum atomic E-state index is 13.8. The third-order valence-corrected chi connectivity index (χ3v) is 8.32. The first kappa shape index (κ1) is 29.5. The SMILES string of the molecule is CCOC(=O)C1=C(C)N=c2sc(=Cc3ccc(OCC(=O)N4CCOCC4)cc3)c(=O)n2C1c1ccc(C(C)C)cc1. The van der Waals surface area contributed by atoms with Crippen molar-refractivity contribution in [3.05, 3.63) is 96.2 Å². The second-order valence-corrected chi connectivity index (χ2v) is 11.5. The molecule has 1 aromatic heterocycles. The van der Waals surface area contributed by atoms with E-state index in [4.69, 9.17) is 14.2 Å². The molecule has 42 heavy (non-hydrogen) atoms. The number of hydrogen-bond donors (Lipinski definition) is 0. The Balaban J connectivity index is 1.44. The van der Waals surface area contributed by atoms with E-state index in [1.54, 1.807) is 41.5 Å². The third-order valence-electron chi connectivity index (χ3n) is 7.34. The molecule has 0 bridgehead atoms. The summed E-state index contributed by atoms with van der Waals surface area (Å²) in [5, 5.41) is 0. The lowest BCUT2D eigenvalue weighted by atomic mass is 9.93. The summed E-state index contributed by atoms with van der Waals surface area (Å²) in [6.07, 6.45) is 1.80. The van der Waals surface area contributed by atoms with E-state index >= 15 is 0 Å². The minimum atomic E-state index is -0.650. The van der Waals surface area contributed by atoms with E-state index in [0.29, 0.717) is 58.6 Å². The number of hydrogen-bond acceptors (Lipinski definition) is 8. The minimum absolute atomic E-state index is 0.0434. The van der Waals surface area contributed by atoms with Crippen molar-refractivity contribution in [3.63, 3.8) is 0 Å². The highest BCUT2D eigenvalue weighted by Gasteiger charge is 2.33. The van der Waals surface area contributed by atoms with E-state index in [1.165, 1.54) is 16.9 Å². The molecule has 3 aromatic rings. The molecule has 10 heteroatoms. The van der Waals surface area contributed by atoms with Gasteiger partial charge in [0.25, 0.3) is 11.5 Å². The molecule has 0 saturated carbocycles. The highest BCUT2D eigenvalue weighted by Crippen LogP contribution is 2.31. The second kappa shape index (κ2) is 12.9. The van der Waals surface area contributed by atoms with E-state index in [1.807, 2.05) is 36.4 Å². The molecule has 0 spiro atoms. The van der Waals surface area contributed by atoms with E-state index in [2.05, 4.69) is 18.8 Å². The average Bonchev–Trinajstić information content (AvgIpc) is 3.30. The fraction of sp³-hybridized carbons (Fsp3) is 0.375. The van der Waals surface area contributed by atoms with Gasteiger partial charge in [-0.25, -0.2) is 9.79 Å². The Labute approximate surface area is 248 Å². The van der Waals surface area contributed by atoms with Gasteiger partial charge in [0.05, 0.1) is 41.7 Å². The number of carbonyl (C=O) groups is 2. The lowest BCUT2D eigenvalue weighted by Gasteiger charge is -2.26. The molecule has 0 radical (unpaired) electrons. The van der Waals surface area contributed by atoms with Gasteiger partial charge in [0.2, 0.25) is 0 Å². The van der Waals surface area contributed by atoms with Crippen molar-refractivity contribution in [2.24, 2.45) is 4.99 Å². The summed E-state index contributed by atoms with van der Waals surface area (Å²) in [5.74, 6) is 0.364. The molecule has 1 unspecified atom stereocenters. The van der Waals surface area contributed by atoms with Crippen LogP contribution in [0.3, 0.4) is 0 Å². The van der Waals surface area contributed by atoms with Crippen LogP contribution in [-0.2, 0) is 19.1 Å². The predicted molar refractivity (Wildman–Crippen MR) is 160 cm³/mol. The number of esters is 1. The fourth-order valence-corrected chi connectivity index (χ4v) is 6.08. The number of aromatic nitrogens is 1. The van der Waals surface area contributed by atoms with Crippen LogP contribution < -0.4 is 19.6 Å². The predicted octanol–water partition coefficient (Wildman–Crippen LogP) is 3.16. The van der Waals surface area contributed by atoms with Crippen molar-refractivity contribution in [2.45, 2.75) is 39.7 Å². The largest absolute Gasteiger partial charge is 0.484 e.